The molecule has 0 spiro atoms. The zero-order valence-corrected chi connectivity index (χ0v) is 11.7. The fraction of sp³-hybridized carbons (Fsp3) is 0.333. The molecule has 0 aromatic heterocycles. The van der Waals surface area contributed by atoms with E-state index in [1.54, 1.807) is 0 Å². The molecule has 1 N–H and O–H groups in total. The minimum Gasteiger partial charge on any atom is -0.457 e. The summed E-state index contributed by atoms with van der Waals surface area (Å²) in [6.07, 6.45) is 5.55. The third kappa shape index (κ3) is 3.53. The summed E-state index contributed by atoms with van der Waals surface area (Å²) in [5, 5.41) is 3.52. The van der Waals surface area contributed by atoms with Gasteiger partial charge in [0.15, 0.2) is 0 Å². The SMILES string of the molecule is c1ccc(Oc2ccc(NCC3CCCC3)cc2)cc1. The van der Waals surface area contributed by atoms with Gasteiger partial charge in [0.2, 0.25) is 0 Å². The fourth-order valence-corrected chi connectivity index (χ4v) is 2.74. The molecule has 1 saturated carbocycles. The van der Waals surface area contributed by atoms with Crippen molar-refractivity contribution in [3.05, 3.63) is 54.6 Å². The van der Waals surface area contributed by atoms with Crippen LogP contribution < -0.4 is 10.1 Å². The van der Waals surface area contributed by atoms with Gasteiger partial charge in [-0.2, -0.15) is 0 Å². The second kappa shape index (κ2) is 6.47. The van der Waals surface area contributed by atoms with Crippen molar-refractivity contribution in [2.75, 3.05) is 11.9 Å². The van der Waals surface area contributed by atoms with Gasteiger partial charge in [0, 0.05) is 12.2 Å². The number of para-hydroxylation sites is 1. The van der Waals surface area contributed by atoms with Gasteiger partial charge in [-0.05, 0) is 55.2 Å². The Labute approximate surface area is 120 Å². The second-order valence-electron chi connectivity index (χ2n) is 5.47. The molecule has 2 aromatic rings. The molecule has 20 heavy (non-hydrogen) atoms. The summed E-state index contributed by atoms with van der Waals surface area (Å²) in [5.41, 5.74) is 1.18. The Hall–Kier alpha value is -1.96. The van der Waals surface area contributed by atoms with Gasteiger partial charge in [-0.15, -0.1) is 0 Å². The molecule has 2 nitrogen and oxygen atoms in total. The minimum atomic E-state index is 0.857. The highest BCUT2D eigenvalue weighted by Crippen LogP contribution is 2.26. The molecule has 0 amide bonds. The van der Waals surface area contributed by atoms with E-state index >= 15 is 0 Å². The van der Waals surface area contributed by atoms with Gasteiger partial charge in [-0.3, -0.25) is 0 Å². The molecule has 0 aliphatic heterocycles. The Morgan fingerprint density at radius 3 is 2.20 bits per heavy atom. The van der Waals surface area contributed by atoms with Crippen LogP contribution in [0.25, 0.3) is 0 Å². The smallest absolute Gasteiger partial charge is 0.127 e. The van der Waals surface area contributed by atoms with Gasteiger partial charge in [-0.25, -0.2) is 0 Å². The number of rotatable bonds is 5. The topological polar surface area (TPSA) is 21.3 Å². The summed E-state index contributed by atoms with van der Waals surface area (Å²) < 4.78 is 5.78. The molecule has 0 heterocycles. The highest BCUT2D eigenvalue weighted by atomic mass is 16.5. The monoisotopic (exact) mass is 267 g/mol. The molecular weight excluding hydrogens is 246 g/mol. The Balaban J connectivity index is 1.54. The van der Waals surface area contributed by atoms with Crippen LogP contribution in [0.2, 0.25) is 0 Å². The maximum atomic E-state index is 5.78. The summed E-state index contributed by atoms with van der Waals surface area (Å²) in [4.78, 5) is 0. The summed E-state index contributed by atoms with van der Waals surface area (Å²) in [6, 6.07) is 18.1. The Kier molecular flexibility index (Phi) is 4.22. The number of hydrogen-bond acceptors (Lipinski definition) is 2. The largest absolute Gasteiger partial charge is 0.457 e. The molecule has 104 valence electrons. The normalized spacial score (nSPS) is 15.2. The first-order chi connectivity index (χ1) is 9.90. The summed E-state index contributed by atoms with van der Waals surface area (Å²) >= 11 is 0. The van der Waals surface area contributed by atoms with Gasteiger partial charge in [0.1, 0.15) is 11.5 Å². The van der Waals surface area contributed by atoms with Crippen molar-refractivity contribution in [2.45, 2.75) is 25.7 Å². The van der Waals surface area contributed by atoms with E-state index < -0.39 is 0 Å². The molecule has 2 aromatic carbocycles. The number of nitrogens with one attached hydrogen (secondary N) is 1. The predicted octanol–water partition coefficient (Wildman–Crippen LogP) is 5.08. The van der Waals surface area contributed by atoms with E-state index in [2.05, 4.69) is 17.4 Å². The lowest BCUT2D eigenvalue weighted by Gasteiger charge is -2.12. The maximum Gasteiger partial charge on any atom is 0.127 e. The maximum absolute atomic E-state index is 5.78. The molecule has 1 aliphatic carbocycles. The third-order valence-electron chi connectivity index (χ3n) is 3.90. The van der Waals surface area contributed by atoms with Crippen molar-refractivity contribution in [3.63, 3.8) is 0 Å². The van der Waals surface area contributed by atoms with Crippen molar-refractivity contribution >= 4 is 5.69 Å². The molecule has 0 atom stereocenters. The van der Waals surface area contributed by atoms with Crippen LogP contribution in [0.5, 0.6) is 11.5 Å². The van der Waals surface area contributed by atoms with Crippen molar-refractivity contribution in [1.82, 2.24) is 0 Å². The van der Waals surface area contributed by atoms with E-state index in [9.17, 15) is 0 Å². The average molecular weight is 267 g/mol. The highest BCUT2D eigenvalue weighted by molar-refractivity contribution is 5.47. The average Bonchev–Trinajstić information content (AvgIpc) is 3.01. The Bertz CT molecular complexity index is 515. The lowest BCUT2D eigenvalue weighted by Crippen LogP contribution is -2.10. The van der Waals surface area contributed by atoms with Crippen LogP contribution in [0.4, 0.5) is 5.69 Å². The summed E-state index contributed by atoms with van der Waals surface area (Å²) in [7, 11) is 0. The summed E-state index contributed by atoms with van der Waals surface area (Å²) in [6.45, 7) is 1.10. The first-order valence-electron chi connectivity index (χ1n) is 7.47. The molecule has 0 bridgehead atoms. The molecule has 0 unspecified atom stereocenters. The van der Waals surface area contributed by atoms with Crippen LogP contribution in [0.1, 0.15) is 25.7 Å². The number of ether oxygens (including phenoxy) is 1. The number of hydrogen-bond donors (Lipinski definition) is 1. The summed E-state index contributed by atoms with van der Waals surface area (Å²) in [5.74, 6) is 2.61. The van der Waals surface area contributed by atoms with Crippen LogP contribution in [0, 0.1) is 5.92 Å². The van der Waals surface area contributed by atoms with Gasteiger partial charge < -0.3 is 10.1 Å². The molecule has 1 aliphatic rings. The van der Waals surface area contributed by atoms with E-state index in [4.69, 9.17) is 4.74 Å². The Morgan fingerprint density at radius 1 is 0.850 bits per heavy atom. The molecule has 0 radical (unpaired) electrons. The van der Waals surface area contributed by atoms with Crippen LogP contribution >= 0.6 is 0 Å². The second-order valence-corrected chi connectivity index (χ2v) is 5.47. The number of benzene rings is 2. The lowest BCUT2D eigenvalue weighted by molar-refractivity contribution is 0.483. The molecule has 0 saturated heterocycles. The van der Waals surface area contributed by atoms with Crippen molar-refractivity contribution in [2.24, 2.45) is 5.92 Å². The predicted molar refractivity (Wildman–Crippen MR) is 83.4 cm³/mol. The quantitative estimate of drug-likeness (QED) is 0.815. The van der Waals surface area contributed by atoms with E-state index in [1.807, 2.05) is 42.5 Å². The lowest BCUT2D eigenvalue weighted by atomic mass is 10.1. The first-order valence-corrected chi connectivity index (χ1v) is 7.47. The van der Waals surface area contributed by atoms with Crippen molar-refractivity contribution in [1.29, 1.82) is 0 Å². The zero-order chi connectivity index (χ0) is 13.6. The molecule has 3 rings (SSSR count). The van der Waals surface area contributed by atoms with Gasteiger partial charge in [0.05, 0.1) is 0 Å². The zero-order valence-electron chi connectivity index (χ0n) is 11.7. The molecule has 2 heteroatoms. The van der Waals surface area contributed by atoms with Gasteiger partial charge in [-0.1, -0.05) is 31.0 Å². The van der Waals surface area contributed by atoms with Crippen LogP contribution in [-0.2, 0) is 0 Å². The highest BCUT2D eigenvalue weighted by Gasteiger charge is 2.14. The van der Waals surface area contributed by atoms with Gasteiger partial charge in [0.25, 0.3) is 0 Å². The van der Waals surface area contributed by atoms with Crippen molar-refractivity contribution in [3.8, 4) is 11.5 Å². The van der Waals surface area contributed by atoms with Gasteiger partial charge >= 0.3 is 0 Å². The van der Waals surface area contributed by atoms with E-state index in [0.29, 0.717) is 0 Å². The third-order valence-corrected chi connectivity index (χ3v) is 3.90. The fourth-order valence-electron chi connectivity index (χ4n) is 2.74. The minimum absolute atomic E-state index is 0.857. The Morgan fingerprint density at radius 2 is 1.50 bits per heavy atom. The van der Waals surface area contributed by atoms with Crippen LogP contribution in [-0.4, -0.2) is 6.54 Å². The standard InChI is InChI=1S/C18H21NO/c1-2-8-17(9-3-1)20-18-12-10-16(11-13-18)19-14-15-6-4-5-7-15/h1-3,8-13,15,19H,4-7,14H2. The molecular formula is C18H21NO. The van der Waals surface area contributed by atoms with Crippen molar-refractivity contribution < 1.29 is 4.74 Å². The van der Waals surface area contributed by atoms with E-state index in [-0.39, 0.29) is 0 Å². The van der Waals surface area contributed by atoms with E-state index in [0.717, 1.165) is 24.0 Å². The van der Waals surface area contributed by atoms with Crippen LogP contribution in [0.3, 0.4) is 0 Å². The first kappa shape index (κ1) is 13.0. The van der Waals surface area contributed by atoms with E-state index in [1.165, 1.54) is 31.4 Å². The van der Waals surface area contributed by atoms with Crippen LogP contribution in [0.15, 0.2) is 54.6 Å². The number of anilines is 1. The molecule has 1 fully saturated rings.